The summed E-state index contributed by atoms with van der Waals surface area (Å²) in [5.41, 5.74) is 2.59. The number of methoxy groups -OCH3 is 1. The molecule has 0 saturated carbocycles. The Bertz CT molecular complexity index is 3080. The number of aliphatic hydroxyl groups is 1. The molecule has 9 atom stereocenters. The average molecular weight is 1160 g/mol. The summed E-state index contributed by atoms with van der Waals surface area (Å²) >= 11 is 0. The fraction of sp³-hybridized carbons (Fsp3) is 0.660. The number of hydrogen-bond acceptors (Lipinski definition) is 18. The van der Waals surface area contributed by atoms with Crippen LogP contribution in [-0.2, 0) is 64.3 Å². The predicted octanol–water partition coefficient (Wildman–Crippen LogP) is 5.42. The van der Waals surface area contributed by atoms with E-state index >= 15 is 0 Å². The summed E-state index contributed by atoms with van der Waals surface area (Å²) in [5, 5.41) is 13.8. The second-order valence-electron chi connectivity index (χ2n) is 23.2. The number of aryl methyl sites for hydroxylation is 2. The number of aliphatic hydroxyl groups excluding tert-OH is 1. The van der Waals surface area contributed by atoms with E-state index in [4.69, 9.17) is 42.0 Å². The first-order chi connectivity index (χ1) is 35.6. The van der Waals surface area contributed by atoms with Gasteiger partial charge in [0.25, 0.3) is 21.2 Å². The van der Waals surface area contributed by atoms with E-state index in [2.05, 4.69) is 25.9 Å². The topological polar surface area (TPSA) is 288 Å². The Morgan fingerprint density at radius 2 is 1.42 bits per heavy atom. The second kappa shape index (κ2) is 23.4. The van der Waals surface area contributed by atoms with Crippen molar-refractivity contribution in [3.05, 3.63) is 107 Å². The van der Waals surface area contributed by atoms with Crippen LogP contribution in [0.25, 0.3) is 0 Å². The fourth-order valence-corrected chi connectivity index (χ4v) is 13.8. The zero-order chi connectivity index (χ0) is 57.4. The van der Waals surface area contributed by atoms with Crippen molar-refractivity contribution >= 4 is 40.5 Å². The van der Waals surface area contributed by atoms with Gasteiger partial charge in [-0.1, -0.05) is 72.6 Å². The number of ether oxygens (including phenoxy) is 3. The Kier molecular flexibility index (Phi) is 18.8. The lowest BCUT2D eigenvalue weighted by atomic mass is 9.89. The fourth-order valence-electron chi connectivity index (χ4n) is 8.79. The van der Waals surface area contributed by atoms with Crippen molar-refractivity contribution in [1.82, 2.24) is 23.4 Å². The third kappa shape index (κ3) is 13.5. The third-order valence-electron chi connectivity index (χ3n) is 15.4. The third-order valence-corrected chi connectivity index (χ3v) is 27.0. The Morgan fingerprint density at radius 3 is 1.94 bits per heavy atom. The predicted molar refractivity (Wildman–Crippen MR) is 292 cm³/mol. The monoisotopic (exact) mass is 1150 g/mol. The van der Waals surface area contributed by atoms with E-state index in [0.717, 1.165) is 14.5 Å². The van der Waals surface area contributed by atoms with E-state index < -0.39 is 123 Å². The lowest BCUT2D eigenvalue weighted by molar-refractivity contribution is -0.142. The quantitative estimate of drug-likeness (QED) is 0.0372. The minimum absolute atomic E-state index is 0.00652. The van der Waals surface area contributed by atoms with E-state index in [-0.39, 0.29) is 53.7 Å². The minimum Gasteiger partial charge on any atom is -0.468 e. The first kappa shape index (κ1) is 61.9. The van der Waals surface area contributed by atoms with E-state index in [1.165, 1.54) is 35.6 Å². The smallest absolute Gasteiger partial charge is 0.459 e. The van der Waals surface area contributed by atoms with Crippen LogP contribution in [0.15, 0.2) is 73.0 Å². The number of carbonyl (C=O) groups excluding carboxylic acids is 1. The summed E-state index contributed by atoms with van der Waals surface area (Å²) in [4.78, 5) is 67.9. The highest BCUT2D eigenvalue weighted by Gasteiger charge is 2.67. The standard InChI is InChI=1S/C50H79N6O17PSSi2/c1-32-27-55(40-26-36(57)37(69-40)29-67-74(63,52-34(3)45(60)66-10)71-35-22-18-17-19-23-35)46(61)53(42(32)58)24-20-15-16-21-25-54-43(59)33(2)28-56(47(54)62)44-41(72-77(13,14)49(7,8)9)50(38(51)31-75(64,65)73-50)39(70-44)30-68-76(11,12)48(4,5)6/h17-19,22-23,27-28,31,34,36-37,39-41,44,57H,15-16,20-21,24-26,29-30,51H2,1-14H3,(H,52,63)/t34?,36-,37+,39?,40+,41-,44+,50?,74?/m0/s1. The summed E-state index contributed by atoms with van der Waals surface area (Å²) in [5.74, 6) is -0.549. The molecule has 3 aliphatic rings. The number of nitrogens with one attached hydrogen (secondary N) is 1. The molecule has 1 spiro atoms. The molecule has 430 valence electrons. The van der Waals surface area contributed by atoms with E-state index in [1.807, 2.05) is 47.0 Å². The average Bonchev–Trinajstić information content (AvgIpc) is 3.93. The van der Waals surface area contributed by atoms with Crippen molar-refractivity contribution in [2.45, 2.75) is 192 Å². The molecular formula is C50H79N6O17PSSi2. The molecule has 5 heterocycles. The molecule has 0 aliphatic carbocycles. The van der Waals surface area contributed by atoms with Gasteiger partial charge in [0.15, 0.2) is 28.5 Å². The van der Waals surface area contributed by atoms with Crippen LogP contribution in [0.1, 0.15) is 104 Å². The van der Waals surface area contributed by atoms with Gasteiger partial charge >= 0.3 is 25.1 Å². The van der Waals surface area contributed by atoms with Gasteiger partial charge in [0, 0.05) is 43.0 Å². The Hall–Kier alpha value is -4.32. The van der Waals surface area contributed by atoms with Crippen LogP contribution in [0.2, 0.25) is 36.3 Å². The highest BCUT2D eigenvalue weighted by atomic mass is 32.2. The number of rotatable bonds is 22. The summed E-state index contributed by atoms with van der Waals surface area (Å²) in [6.07, 6.45) is -2.72. The summed E-state index contributed by atoms with van der Waals surface area (Å²) in [6.45, 7) is 24.2. The Morgan fingerprint density at radius 1 is 0.870 bits per heavy atom. The van der Waals surface area contributed by atoms with Crippen molar-refractivity contribution in [3.63, 3.8) is 0 Å². The number of unbranched alkanes of at least 4 members (excludes halogenated alkanes) is 3. The summed E-state index contributed by atoms with van der Waals surface area (Å²) in [7, 11) is -12.8. The molecule has 0 amide bonds. The maximum atomic E-state index is 14.6. The molecule has 1 aromatic carbocycles. The molecule has 2 saturated heterocycles. The van der Waals surface area contributed by atoms with Gasteiger partial charge in [0.1, 0.15) is 36.3 Å². The van der Waals surface area contributed by atoms with Crippen molar-refractivity contribution in [2.75, 3.05) is 20.3 Å². The van der Waals surface area contributed by atoms with Gasteiger partial charge in [-0.05, 0) is 82.0 Å². The molecule has 4 N–H and O–H groups in total. The molecule has 3 aliphatic heterocycles. The molecule has 0 bridgehead atoms. The van der Waals surface area contributed by atoms with Gasteiger partial charge < -0.3 is 38.4 Å². The SMILES string of the molecule is COC(=O)C(C)NP(=O)(OC[C@H]1O[C@@H](n2cc(C)c(=O)n(CCCCCCn3c(=O)c(C)cn([C@@H]4OC(CO[Si](C)(C)C(C)(C)C)C5(OS(=O)(=O)C=C5N)[C@H]4O[Si](C)(C)C(C)(C)C)c3=O)c2=O)C[C@@H]1O)Oc1ccccc1. The number of hydrogen-bond donors (Lipinski definition) is 3. The second-order valence-corrected chi connectivity index (χ2v) is 35.8. The van der Waals surface area contributed by atoms with Crippen molar-refractivity contribution in [3.8, 4) is 5.75 Å². The first-order valence-electron chi connectivity index (χ1n) is 25.8. The summed E-state index contributed by atoms with van der Waals surface area (Å²) < 4.78 is 93.7. The van der Waals surface area contributed by atoms with Gasteiger partial charge in [0.05, 0.1) is 37.5 Å². The molecule has 23 nitrogen and oxygen atoms in total. The number of benzene rings is 1. The molecular weight excluding hydrogens is 1080 g/mol. The molecule has 2 aromatic heterocycles. The number of carbonyl (C=O) groups is 1. The van der Waals surface area contributed by atoms with Gasteiger partial charge in [-0.25, -0.2) is 18.3 Å². The highest BCUT2D eigenvalue weighted by molar-refractivity contribution is 7.90. The molecule has 3 aromatic rings. The molecule has 6 rings (SSSR count). The number of nitrogens with zero attached hydrogens (tertiary/aromatic N) is 4. The highest BCUT2D eigenvalue weighted by Crippen LogP contribution is 2.52. The minimum atomic E-state index is -4.34. The summed E-state index contributed by atoms with van der Waals surface area (Å²) in [6, 6.07) is 7.01. The molecule has 0 radical (unpaired) electrons. The normalized spacial score (nSPS) is 24.9. The van der Waals surface area contributed by atoms with Crippen LogP contribution in [0.5, 0.6) is 5.75 Å². The Balaban J connectivity index is 1.16. The molecule has 2 fully saturated rings. The Labute approximate surface area is 451 Å². The van der Waals surface area contributed by atoms with Crippen LogP contribution in [0, 0.1) is 13.8 Å². The molecule has 77 heavy (non-hydrogen) atoms. The van der Waals surface area contributed by atoms with Crippen molar-refractivity contribution in [1.29, 1.82) is 0 Å². The van der Waals surface area contributed by atoms with Crippen LogP contribution in [-0.4, -0.2) is 111 Å². The number of nitrogens with two attached hydrogens (primary N) is 1. The number of esters is 1. The number of para-hydroxylation sites is 1. The van der Waals surface area contributed by atoms with E-state index in [0.29, 0.717) is 25.7 Å². The maximum absolute atomic E-state index is 14.6. The largest absolute Gasteiger partial charge is 0.468 e. The van der Waals surface area contributed by atoms with Gasteiger partial charge in [-0.15, -0.1) is 0 Å². The van der Waals surface area contributed by atoms with E-state index in [1.54, 1.807) is 44.2 Å². The van der Waals surface area contributed by atoms with Crippen LogP contribution >= 0.6 is 7.75 Å². The van der Waals surface area contributed by atoms with Gasteiger partial charge in [-0.3, -0.25) is 37.2 Å². The van der Waals surface area contributed by atoms with Crippen molar-refractivity contribution in [2.24, 2.45) is 5.73 Å². The van der Waals surface area contributed by atoms with Crippen LogP contribution < -0.4 is 37.8 Å². The zero-order valence-electron chi connectivity index (χ0n) is 46.7. The van der Waals surface area contributed by atoms with E-state index in [9.17, 15) is 42.1 Å². The lowest BCUT2D eigenvalue weighted by Gasteiger charge is -2.43. The van der Waals surface area contributed by atoms with Crippen LogP contribution in [0.4, 0.5) is 0 Å². The first-order valence-corrected chi connectivity index (χ1v) is 34.7. The lowest BCUT2D eigenvalue weighted by Crippen LogP contribution is -2.59. The number of aromatic nitrogens is 4. The van der Waals surface area contributed by atoms with Gasteiger partial charge in [-0.2, -0.15) is 13.5 Å². The van der Waals surface area contributed by atoms with Gasteiger partial charge in [0.2, 0.25) is 0 Å². The maximum Gasteiger partial charge on any atom is 0.459 e. The van der Waals surface area contributed by atoms with Crippen LogP contribution in [0.3, 0.4) is 0 Å². The molecule has 27 heteroatoms. The van der Waals surface area contributed by atoms with Crippen molar-refractivity contribution < 1.29 is 59.2 Å². The molecule has 4 unspecified atom stereocenters. The zero-order valence-corrected chi connectivity index (χ0v) is 50.4.